The third kappa shape index (κ3) is 22.3. The minimum Gasteiger partial charge on any atom is -0.390 e. The van der Waals surface area contributed by atoms with Crippen LogP contribution in [0.2, 0.25) is 0 Å². The number of aliphatic hydroxyl groups excluding tert-OH is 1. The Balaban J connectivity index is 4.46. The van der Waals surface area contributed by atoms with Gasteiger partial charge in [0.05, 0.1) is 11.9 Å². The van der Waals surface area contributed by atoms with Crippen molar-refractivity contribution in [1.82, 2.24) is 55.6 Å². The average molecular weight is 1280 g/mol. The molecule has 0 aliphatic carbocycles. The van der Waals surface area contributed by atoms with Gasteiger partial charge in [0.1, 0.15) is 76.3 Å². The fourth-order valence-electron chi connectivity index (χ4n) is 11.4. The summed E-state index contributed by atoms with van der Waals surface area (Å²) in [5.74, 6) is -12.6. The van der Waals surface area contributed by atoms with E-state index in [1.165, 1.54) is 91.7 Å². The Kier molecular flexibility index (Phi) is 32.2. The van der Waals surface area contributed by atoms with Crippen LogP contribution in [-0.4, -0.2) is 247 Å². The number of likely N-dealkylation sites (N-methyl/N-ethyl adjacent to an activating group) is 7. The Morgan fingerprint density at radius 3 is 1.35 bits per heavy atom. The number of rotatable bonds is 16. The molecule has 89 heavy (non-hydrogen) atoms. The zero-order valence-corrected chi connectivity index (χ0v) is 59.0. The molecule has 2 unspecified atom stereocenters. The van der Waals surface area contributed by atoms with Gasteiger partial charge in [-0.1, -0.05) is 102 Å². The predicted octanol–water partition coefficient (Wildman–Crippen LogP) is 2.29. The molecule has 11 amide bonds. The van der Waals surface area contributed by atoms with Crippen LogP contribution in [0.3, 0.4) is 0 Å². The smallest absolute Gasteiger partial charge is 0.246 e. The van der Waals surface area contributed by atoms with Crippen LogP contribution in [0.15, 0.2) is 12.2 Å². The number of hydrogen-bond donors (Lipinski definition) is 5. The van der Waals surface area contributed by atoms with E-state index >= 15 is 9.59 Å². The first-order valence-corrected chi connectivity index (χ1v) is 33.5. The van der Waals surface area contributed by atoms with E-state index in [9.17, 15) is 56.7 Å². The topological polar surface area (TPSA) is 313 Å². The van der Waals surface area contributed by atoms with Crippen LogP contribution >= 0.6 is 0 Å². The molecule has 1 saturated heterocycles. The van der Waals surface area contributed by atoms with Crippen LogP contribution in [0.5, 0.6) is 0 Å². The number of sulfone groups is 1. The normalized spacial score (nSPS) is 27.6. The molecule has 0 bridgehead atoms. The molecule has 0 radical (unpaired) electrons. The van der Waals surface area contributed by atoms with Gasteiger partial charge < -0.3 is 60.7 Å². The molecule has 26 heteroatoms. The molecule has 0 aromatic heterocycles. The molecule has 0 aromatic rings. The van der Waals surface area contributed by atoms with Crippen molar-refractivity contribution in [3.05, 3.63) is 12.2 Å². The van der Waals surface area contributed by atoms with Crippen molar-refractivity contribution >= 4 is 74.8 Å². The lowest BCUT2D eigenvalue weighted by atomic mass is 9.91. The van der Waals surface area contributed by atoms with E-state index in [0.717, 1.165) is 25.9 Å². The summed E-state index contributed by atoms with van der Waals surface area (Å²) in [5.41, 5.74) is 0. The lowest BCUT2D eigenvalue weighted by Gasteiger charge is -2.41. The SMILES string of the molecule is C/C=C/C[C@@H](C)[C@@H](O)[C@H]1C(=O)N[C@@H](CC)C(=O)N(C)[C@H](C)C(=O)N(C)[C@@H]([C@H](C)CS(C)(=O)=O)C(=O)NC(C(C)C)C(=O)N(C)[C@@H](CC(C)C)C(=O)N[C@@H](C)C(=O)N[C@H](C)C(=O)N(C)[C@@H](CC(C)C)C(=O)N(C)[C@@H](CC(C)C)C(=O)N(C)C(C(C)C)C(=O)N1C. The number of nitrogens with zero attached hydrogens (tertiary/aromatic N) is 7. The van der Waals surface area contributed by atoms with Crippen LogP contribution in [0, 0.1) is 41.4 Å². The molecular formula is C63H113N11O14S. The minimum atomic E-state index is -3.81. The second-order valence-electron chi connectivity index (χ2n) is 26.8. The van der Waals surface area contributed by atoms with Crippen molar-refractivity contribution in [2.24, 2.45) is 41.4 Å². The Labute approximate surface area is 531 Å². The fourth-order valence-corrected chi connectivity index (χ4v) is 12.5. The Bertz CT molecular complexity index is 2610. The highest BCUT2D eigenvalue weighted by atomic mass is 32.2. The highest BCUT2D eigenvalue weighted by Crippen LogP contribution is 2.26. The van der Waals surface area contributed by atoms with Crippen molar-refractivity contribution in [2.45, 2.75) is 222 Å². The van der Waals surface area contributed by atoms with Gasteiger partial charge in [0.2, 0.25) is 65.0 Å². The number of amides is 11. The van der Waals surface area contributed by atoms with Gasteiger partial charge in [-0.25, -0.2) is 8.42 Å². The van der Waals surface area contributed by atoms with Crippen LogP contribution in [0.1, 0.15) is 150 Å². The summed E-state index contributed by atoms with van der Waals surface area (Å²) >= 11 is 0. The van der Waals surface area contributed by atoms with Gasteiger partial charge in [-0.3, -0.25) is 52.7 Å². The maximum Gasteiger partial charge on any atom is 0.246 e. The standard InChI is InChI=1S/C63H113N11O14S/c1-26-28-29-39(13)52(75)51-56(79)66-44(27-2)59(82)68(18)43(17)58(81)73(23)50(40(14)33-89(25,87)88)55(78)67-48(37(9)10)62(85)69(19)45(30-34(3)4)54(77)64-41(15)53(76)65-42(16)57(80)70(20)46(31-35(5)6)60(83)71(21)47(32-36(7)8)61(84)72(22)49(38(11)12)63(86)74(51)24/h26,28,34-52,75H,27,29-33H2,1-25H3,(H,64,77)(H,65,76)(H,66,79)(H,67,78)/b28-26+/t39-,40-,41+,42-,43-,44+,45+,46+,47+,48?,49?,50+,51+,52-/m1/s1. The fraction of sp³-hybridized carbons (Fsp3) is 0.794. The number of hydrogen-bond acceptors (Lipinski definition) is 14. The van der Waals surface area contributed by atoms with Crippen molar-refractivity contribution in [1.29, 1.82) is 0 Å². The highest BCUT2D eigenvalue weighted by molar-refractivity contribution is 7.90. The molecule has 0 saturated carbocycles. The minimum absolute atomic E-state index is 0.0557. The second kappa shape index (κ2) is 35.4. The van der Waals surface area contributed by atoms with E-state index in [-0.39, 0.29) is 49.9 Å². The molecule has 0 aromatic carbocycles. The van der Waals surface area contributed by atoms with E-state index in [0.29, 0.717) is 0 Å². The summed E-state index contributed by atoms with van der Waals surface area (Å²) in [5, 5.41) is 22.9. The highest BCUT2D eigenvalue weighted by Gasteiger charge is 2.46. The Morgan fingerprint density at radius 2 is 0.899 bits per heavy atom. The summed E-state index contributed by atoms with van der Waals surface area (Å²) in [6.07, 6.45) is 3.51. The van der Waals surface area contributed by atoms with Gasteiger partial charge in [0.25, 0.3) is 0 Å². The molecule has 510 valence electrons. The summed E-state index contributed by atoms with van der Waals surface area (Å²) in [4.78, 5) is 170. The third-order valence-electron chi connectivity index (χ3n) is 16.9. The average Bonchev–Trinajstić information content (AvgIpc) is 0.981. The lowest BCUT2D eigenvalue weighted by Crippen LogP contribution is -2.64. The Hall–Kier alpha value is -6.18. The summed E-state index contributed by atoms with van der Waals surface area (Å²) in [6.45, 7) is 28.4. The Morgan fingerprint density at radius 1 is 0.472 bits per heavy atom. The van der Waals surface area contributed by atoms with Crippen molar-refractivity contribution in [3.8, 4) is 0 Å². The van der Waals surface area contributed by atoms with Crippen LogP contribution in [-0.2, 0) is 62.6 Å². The molecule has 1 aliphatic rings. The largest absolute Gasteiger partial charge is 0.390 e. The number of carbonyl (C=O) groups is 11. The number of allylic oxidation sites excluding steroid dienone is 2. The third-order valence-corrected chi connectivity index (χ3v) is 18.0. The number of nitrogens with one attached hydrogen (secondary N) is 4. The predicted molar refractivity (Wildman–Crippen MR) is 342 cm³/mol. The lowest BCUT2D eigenvalue weighted by molar-refractivity contribution is -0.157. The maximum absolute atomic E-state index is 15.2. The second-order valence-corrected chi connectivity index (χ2v) is 29.0. The van der Waals surface area contributed by atoms with Gasteiger partial charge in [-0.2, -0.15) is 0 Å². The summed E-state index contributed by atoms with van der Waals surface area (Å²) in [6, 6.07) is -14.8. The maximum atomic E-state index is 15.2. The molecule has 5 N–H and O–H groups in total. The first-order valence-electron chi connectivity index (χ1n) is 31.4. The van der Waals surface area contributed by atoms with Gasteiger partial charge in [0.15, 0.2) is 0 Å². The van der Waals surface area contributed by atoms with Gasteiger partial charge in [0, 0.05) is 55.6 Å². The molecule has 0 spiro atoms. The number of aliphatic hydroxyl groups is 1. The van der Waals surface area contributed by atoms with Crippen molar-refractivity contribution in [2.75, 3.05) is 61.3 Å². The first-order chi connectivity index (χ1) is 40.8. The van der Waals surface area contributed by atoms with Crippen molar-refractivity contribution in [3.63, 3.8) is 0 Å². The zero-order valence-electron chi connectivity index (χ0n) is 58.2. The van der Waals surface area contributed by atoms with E-state index in [1.54, 1.807) is 60.6 Å². The quantitative estimate of drug-likeness (QED) is 0.139. The van der Waals surface area contributed by atoms with E-state index in [4.69, 9.17) is 0 Å². The summed E-state index contributed by atoms with van der Waals surface area (Å²) in [7, 11) is 5.71. The van der Waals surface area contributed by atoms with Crippen LogP contribution in [0.25, 0.3) is 0 Å². The molecule has 1 heterocycles. The van der Waals surface area contributed by atoms with Gasteiger partial charge in [-0.15, -0.1) is 0 Å². The monoisotopic (exact) mass is 1280 g/mol. The molecule has 25 nitrogen and oxygen atoms in total. The molecule has 1 aliphatic heterocycles. The molecule has 1 fully saturated rings. The van der Waals surface area contributed by atoms with Crippen LogP contribution in [0.4, 0.5) is 0 Å². The molecule has 14 atom stereocenters. The number of carbonyl (C=O) groups excluding carboxylic acids is 11. The van der Waals surface area contributed by atoms with Crippen LogP contribution < -0.4 is 21.3 Å². The van der Waals surface area contributed by atoms with E-state index in [1.807, 2.05) is 41.5 Å². The molecular weight excluding hydrogens is 1170 g/mol. The van der Waals surface area contributed by atoms with Gasteiger partial charge in [-0.05, 0) is 101 Å². The van der Waals surface area contributed by atoms with Gasteiger partial charge >= 0.3 is 0 Å². The summed E-state index contributed by atoms with van der Waals surface area (Å²) < 4.78 is 25.7. The van der Waals surface area contributed by atoms with E-state index < -0.39 is 177 Å². The molecule has 1 rings (SSSR count). The van der Waals surface area contributed by atoms with Crippen molar-refractivity contribution < 1.29 is 66.3 Å². The zero-order chi connectivity index (χ0) is 69.3. The van der Waals surface area contributed by atoms with E-state index in [2.05, 4.69) is 21.3 Å². The first kappa shape index (κ1) is 80.8.